The van der Waals surface area contributed by atoms with E-state index in [1.165, 1.54) is 12.1 Å². The molecule has 0 bridgehead atoms. The van der Waals surface area contributed by atoms with Crippen molar-refractivity contribution < 1.29 is 10.2 Å². The van der Waals surface area contributed by atoms with E-state index >= 15 is 0 Å². The molecule has 0 spiro atoms. The van der Waals surface area contributed by atoms with E-state index in [4.69, 9.17) is 5.11 Å². The van der Waals surface area contributed by atoms with Gasteiger partial charge in [-0.05, 0) is 17.7 Å². The van der Waals surface area contributed by atoms with Crippen LogP contribution < -0.4 is 0 Å². The van der Waals surface area contributed by atoms with Gasteiger partial charge in [-0.3, -0.25) is 5.11 Å². The fourth-order valence-corrected chi connectivity index (χ4v) is 1.37. The third kappa shape index (κ3) is 1.55. The first-order valence-electron chi connectivity index (χ1n) is 4.33. The number of hydrogen-bond donors (Lipinski definition) is 1. The summed E-state index contributed by atoms with van der Waals surface area (Å²) in [7, 11) is 0. The van der Waals surface area contributed by atoms with E-state index in [0.717, 1.165) is 5.56 Å². The topological polar surface area (TPSA) is 40.1 Å². The van der Waals surface area contributed by atoms with Crippen molar-refractivity contribution in [2.45, 2.75) is 0 Å². The summed E-state index contributed by atoms with van der Waals surface area (Å²) in [6.07, 6.45) is 0. The number of phenols is 1. The van der Waals surface area contributed by atoms with Crippen LogP contribution in [0.15, 0.2) is 48.5 Å². The molecule has 0 aliphatic rings. The van der Waals surface area contributed by atoms with Crippen molar-refractivity contribution in [3.63, 3.8) is 0 Å². The SMILES string of the molecule is [O]c1cc(O)ccc1-c1ccccc1. The third-order valence-electron chi connectivity index (χ3n) is 2.05. The highest BCUT2D eigenvalue weighted by molar-refractivity contribution is 5.70. The maximum absolute atomic E-state index is 11.5. The van der Waals surface area contributed by atoms with Crippen LogP contribution in [0.4, 0.5) is 0 Å². The molecule has 14 heavy (non-hydrogen) atoms. The molecule has 1 radical (unpaired) electrons. The van der Waals surface area contributed by atoms with E-state index in [0.29, 0.717) is 5.56 Å². The lowest BCUT2D eigenvalue weighted by Crippen LogP contribution is -1.77. The molecule has 69 valence electrons. The highest BCUT2D eigenvalue weighted by Gasteiger charge is 2.05. The van der Waals surface area contributed by atoms with Crippen molar-refractivity contribution in [3.05, 3.63) is 48.5 Å². The standard InChI is InChI=1S/C12H9O2/c13-10-6-7-11(12(14)8-10)9-4-2-1-3-5-9/h1-8,13H. The second kappa shape index (κ2) is 3.42. The van der Waals surface area contributed by atoms with E-state index < -0.39 is 0 Å². The van der Waals surface area contributed by atoms with Gasteiger partial charge in [0.15, 0.2) is 5.75 Å². The molecule has 2 nitrogen and oxygen atoms in total. The molecule has 2 aromatic rings. The minimum Gasteiger partial charge on any atom is -0.508 e. The number of phenolic OH excluding ortho intramolecular Hbond substituents is 1. The molecule has 2 heteroatoms. The fraction of sp³-hybridized carbons (Fsp3) is 0. The Bertz CT molecular complexity index is 435. The van der Waals surface area contributed by atoms with Crippen LogP contribution in [-0.2, 0) is 5.11 Å². The Balaban J connectivity index is 2.53. The van der Waals surface area contributed by atoms with Crippen molar-refractivity contribution in [3.8, 4) is 22.6 Å². The monoisotopic (exact) mass is 185 g/mol. The van der Waals surface area contributed by atoms with Crippen LogP contribution in [0.2, 0.25) is 0 Å². The Morgan fingerprint density at radius 2 is 1.64 bits per heavy atom. The summed E-state index contributed by atoms with van der Waals surface area (Å²) >= 11 is 0. The van der Waals surface area contributed by atoms with E-state index in [9.17, 15) is 5.11 Å². The summed E-state index contributed by atoms with van der Waals surface area (Å²) in [4.78, 5) is 0. The van der Waals surface area contributed by atoms with Crippen LogP contribution in [0.3, 0.4) is 0 Å². The van der Waals surface area contributed by atoms with Gasteiger partial charge in [0.25, 0.3) is 0 Å². The Kier molecular flexibility index (Phi) is 2.11. The molecule has 0 aliphatic heterocycles. The second-order valence-corrected chi connectivity index (χ2v) is 3.05. The highest BCUT2D eigenvalue weighted by Crippen LogP contribution is 2.31. The van der Waals surface area contributed by atoms with Gasteiger partial charge < -0.3 is 5.11 Å². The van der Waals surface area contributed by atoms with E-state index in [-0.39, 0.29) is 11.5 Å². The van der Waals surface area contributed by atoms with Gasteiger partial charge in [-0.2, -0.15) is 0 Å². The van der Waals surface area contributed by atoms with Gasteiger partial charge in [0.2, 0.25) is 0 Å². The Hall–Kier alpha value is -1.96. The minimum atomic E-state index is -0.156. The largest absolute Gasteiger partial charge is 0.508 e. The minimum absolute atomic E-state index is 0.00896. The van der Waals surface area contributed by atoms with Crippen LogP contribution >= 0.6 is 0 Å². The van der Waals surface area contributed by atoms with Crippen molar-refractivity contribution in [2.24, 2.45) is 0 Å². The maximum atomic E-state index is 11.5. The average Bonchev–Trinajstić information content (AvgIpc) is 2.19. The zero-order valence-corrected chi connectivity index (χ0v) is 7.47. The van der Waals surface area contributed by atoms with Crippen LogP contribution in [0.1, 0.15) is 0 Å². The molecule has 0 aromatic heterocycles. The normalized spacial score (nSPS) is 10.0. The van der Waals surface area contributed by atoms with Gasteiger partial charge in [0.1, 0.15) is 5.75 Å². The average molecular weight is 185 g/mol. The third-order valence-corrected chi connectivity index (χ3v) is 2.05. The molecule has 0 unspecified atom stereocenters. The first-order valence-corrected chi connectivity index (χ1v) is 4.33. The van der Waals surface area contributed by atoms with Crippen LogP contribution in [0, 0.1) is 0 Å². The fourth-order valence-electron chi connectivity index (χ4n) is 1.37. The van der Waals surface area contributed by atoms with Crippen molar-refractivity contribution in [1.82, 2.24) is 0 Å². The van der Waals surface area contributed by atoms with Gasteiger partial charge in [0, 0.05) is 11.6 Å². The van der Waals surface area contributed by atoms with Gasteiger partial charge in [-0.25, -0.2) is 0 Å². The van der Waals surface area contributed by atoms with Crippen LogP contribution in [0.5, 0.6) is 11.5 Å². The molecular weight excluding hydrogens is 176 g/mol. The molecule has 0 amide bonds. The van der Waals surface area contributed by atoms with Gasteiger partial charge >= 0.3 is 0 Å². The second-order valence-electron chi connectivity index (χ2n) is 3.05. The first-order chi connectivity index (χ1) is 6.77. The number of rotatable bonds is 1. The summed E-state index contributed by atoms with van der Waals surface area (Å²) in [5.74, 6) is -0.147. The van der Waals surface area contributed by atoms with E-state index in [1.807, 2.05) is 30.3 Å². The van der Waals surface area contributed by atoms with E-state index in [1.54, 1.807) is 6.07 Å². The van der Waals surface area contributed by atoms with Gasteiger partial charge in [-0.1, -0.05) is 30.3 Å². The van der Waals surface area contributed by atoms with Crippen LogP contribution in [0.25, 0.3) is 11.1 Å². The van der Waals surface area contributed by atoms with Gasteiger partial charge in [-0.15, -0.1) is 0 Å². The number of benzene rings is 2. The smallest absolute Gasteiger partial charge is 0.190 e. The summed E-state index contributed by atoms with van der Waals surface area (Å²) in [6, 6.07) is 13.8. The maximum Gasteiger partial charge on any atom is 0.190 e. The zero-order chi connectivity index (χ0) is 9.97. The Labute approximate surface area is 82.1 Å². The van der Waals surface area contributed by atoms with Gasteiger partial charge in [0.05, 0.1) is 0 Å². The lowest BCUT2D eigenvalue weighted by Gasteiger charge is -2.02. The number of aromatic hydroxyl groups is 1. The molecule has 2 rings (SSSR count). The molecule has 0 aliphatic carbocycles. The summed E-state index contributed by atoms with van der Waals surface area (Å²) in [5, 5.41) is 20.6. The zero-order valence-electron chi connectivity index (χ0n) is 7.47. The van der Waals surface area contributed by atoms with Crippen molar-refractivity contribution in [1.29, 1.82) is 0 Å². The van der Waals surface area contributed by atoms with Crippen molar-refractivity contribution in [2.75, 3.05) is 0 Å². The van der Waals surface area contributed by atoms with Crippen molar-refractivity contribution >= 4 is 0 Å². The molecular formula is C12H9O2. The lowest BCUT2D eigenvalue weighted by molar-refractivity contribution is 0.353. The quantitative estimate of drug-likeness (QED) is 0.728. The molecule has 0 atom stereocenters. The molecule has 0 fully saturated rings. The summed E-state index contributed by atoms with van der Waals surface area (Å²) < 4.78 is 0. The molecule has 0 saturated carbocycles. The first kappa shape index (κ1) is 8.63. The summed E-state index contributed by atoms with van der Waals surface area (Å²) in [5.41, 5.74) is 1.49. The summed E-state index contributed by atoms with van der Waals surface area (Å²) in [6.45, 7) is 0. The van der Waals surface area contributed by atoms with Crippen LogP contribution in [-0.4, -0.2) is 5.11 Å². The highest BCUT2D eigenvalue weighted by atomic mass is 16.3. The molecule has 0 heterocycles. The molecule has 0 saturated heterocycles. The number of hydrogen-bond acceptors (Lipinski definition) is 1. The van der Waals surface area contributed by atoms with E-state index in [2.05, 4.69) is 0 Å². The lowest BCUT2D eigenvalue weighted by atomic mass is 10.0. The molecule has 1 N–H and O–H groups in total. The predicted octanol–water partition coefficient (Wildman–Crippen LogP) is 3.20. The predicted molar refractivity (Wildman–Crippen MR) is 53.7 cm³/mol. The Morgan fingerprint density at radius 1 is 0.929 bits per heavy atom. The molecule has 2 aromatic carbocycles. The Morgan fingerprint density at radius 3 is 2.29 bits per heavy atom.